The van der Waals surface area contributed by atoms with Crippen molar-refractivity contribution >= 4 is 27.6 Å². The van der Waals surface area contributed by atoms with Crippen LogP contribution in [0, 0.1) is 6.92 Å². The van der Waals surface area contributed by atoms with Crippen LogP contribution in [0.4, 0.5) is 5.69 Å². The van der Waals surface area contributed by atoms with Crippen molar-refractivity contribution in [2.24, 2.45) is 0 Å². The zero-order valence-corrected chi connectivity index (χ0v) is 16.1. The number of amides is 1. The average Bonchev–Trinajstić information content (AvgIpc) is 2.62. The molecule has 7 nitrogen and oxygen atoms in total. The Morgan fingerprint density at radius 3 is 2.50 bits per heavy atom. The minimum absolute atomic E-state index is 0.00944. The Hall–Kier alpha value is -1.93. The van der Waals surface area contributed by atoms with Gasteiger partial charge in [0.05, 0.1) is 17.9 Å². The van der Waals surface area contributed by atoms with Gasteiger partial charge >= 0.3 is 5.97 Å². The molecular weight excluding hydrogens is 356 g/mol. The lowest BCUT2D eigenvalue weighted by atomic mass is 10.2. The first-order valence-electron chi connectivity index (χ1n) is 8.91. The number of aryl methyl sites for hydroxylation is 1. The summed E-state index contributed by atoms with van der Waals surface area (Å²) in [6.07, 6.45) is 2.75. The number of hydrogen-bond acceptors (Lipinski definition) is 5. The summed E-state index contributed by atoms with van der Waals surface area (Å²) in [5.41, 5.74) is 1.20. The van der Waals surface area contributed by atoms with Crippen LogP contribution in [0.15, 0.2) is 23.1 Å². The van der Waals surface area contributed by atoms with Gasteiger partial charge in [-0.1, -0.05) is 12.5 Å². The maximum absolute atomic E-state index is 12.8. The minimum Gasteiger partial charge on any atom is -0.466 e. The lowest BCUT2D eigenvalue weighted by molar-refractivity contribution is -0.144. The van der Waals surface area contributed by atoms with Gasteiger partial charge in [-0.05, 0) is 44.4 Å². The molecule has 0 bridgehead atoms. The van der Waals surface area contributed by atoms with Crippen LogP contribution in [0.1, 0.15) is 44.6 Å². The Balaban J connectivity index is 2.09. The highest BCUT2D eigenvalue weighted by atomic mass is 32.2. The van der Waals surface area contributed by atoms with Crippen molar-refractivity contribution in [1.82, 2.24) is 4.31 Å². The monoisotopic (exact) mass is 382 g/mol. The quantitative estimate of drug-likeness (QED) is 0.731. The van der Waals surface area contributed by atoms with E-state index in [-0.39, 0.29) is 30.3 Å². The SMILES string of the molecule is CCOC(=O)CCC(=O)Nc1cc(S(=O)(=O)N2CCCCC2)ccc1C. The van der Waals surface area contributed by atoms with E-state index in [0.29, 0.717) is 18.8 Å². The predicted octanol–water partition coefficient (Wildman–Crippen LogP) is 2.45. The number of carbonyl (C=O) groups excluding carboxylic acids is 2. The number of benzene rings is 1. The first-order chi connectivity index (χ1) is 12.3. The molecular formula is C18H26N2O5S. The first kappa shape index (κ1) is 20.4. The third-order valence-corrected chi connectivity index (χ3v) is 6.19. The van der Waals surface area contributed by atoms with Crippen LogP contribution in [0.5, 0.6) is 0 Å². The zero-order valence-electron chi connectivity index (χ0n) is 15.3. The van der Waals surface area contributed by atoms with Crippen molar-refractivity contribution in [2.45, 2.75) is 50.8 Å². The number of sulfonamides is 1. The standard InChI is InChI=1S/C18H26N2O5S/c1-3-25-18(22)10-9-17(21)19-16-13-15(8-7-14(16)2)26(23,24)20-11-5-4-6-12-20/h7-8,13H,3-6,9-12H2,1-2H3,(H,19,21). The third-order valence-electron chi connectivity index (χ3n) is 4.30. The number of carbonyl (C=O) groups is 2. The average molecular weight is 382 g/mol. The fourth-order valence-corrected chi connectivity index (χ4v) is 4.36. The molecule has 1 N–H and O–H groups in total. The number of ether oxygens (including phenoxy) is 1. The maximum Gasteiger partial charge on any atom is 0.306 e. The molecule has 0 radical (unpaired) electrons. The largest absolute Gasteiger partial charge is 0.466 e. The van der Waals surface area contributed by atoms with Crippen LogP contribution in [0.3, 0.4) is 0 Å². The van der Waals surface area contributed by atoms with Crippen LogP contribution in [0.25, 0.3) is 0 Å². The Kier molecular flexibility index (Phi) is 7.16. The summed E-state index contributed by atoms with van der Waals surface area (Å²) >= 11 is 0. The fraction of sp³-hybridized carbons (Fsp3) is 0.556. The molecule has 1 aromatic rings. The van der Waals surface area contributed by atoms with E-state index in [1.54, 1.807) is 26.0 Å². The van der Waals surface area contributed by atoms with Gasteiger partial charge in [0, 0.05) is 25.2 Å². The van der Waals surface area contributed by atoms with Gasteiger partial charge in [0.2, 0.25) is 15.9 Å². The van der Waals surface area contributed by atoms with Crippen molar-refractivity contribution in [3.05, 3.63) is 23.8 Å². The number of nitrogens with one attached hydrogen (secondary N) is 1. The summed E-state index contributed by atoms with van der Waals surface area (Å²) < 4.78 is 31.8. The van der Waals surface area contributed by atoms with Gasteiger partial charge < -0.3 is 10.1 Å². The lowest BCUT2D eigenvalue weighted by Crippen LogP contribution is -2.35. The number of nitrogens with zero attached hydrogens (tertiary/aromatic N) is 1. The van der Waals surface area contributed by atoms with Crippen molar-refractivity contribution < 1.29 is 22.7 Å². The Labute approximate surface area is 154 Å². The summed E-state index contributed by atoms with van der Waals surface area (Å²) in [4.78, 5) is 23.6. The molecule has 1 heterocycles. The van der Waals surface area contributed by atoms with E-state index in [1.807, 2.05) is 0 Å². The van der Waals surface area contributed by atoms with Gasteiger partial charge in [-0.15, -0.1) is 0 Å². The summed E-state index contributed by atoms with van der Waals surface area (Å²) in [7, 11) is -3.56. The summed E-state index contributed by atoms with van der Waals surface area (Å²) in [6, 6.07) is 4.73. The molecule has 0 saturated carbocycles. The molecule has 1 aromatic carbocycles. The van der Waals surface area contributed by atoms with Crippen molar-refractivity contribution in [2.75, 3.05) is 25.0 Å². The summed E-state index contributed by atoms with van der Waals surface area (Å²) in [5.74, 6) is -0.783. The minimum atomic E-state index is -3.56. The van der Waals surface area contributed by atoms with Crippen LogP contribution in [-0.4, -0.2) is 44.3 Å². The van der Waals surface area contributed by atoms with Crippen LogP contribution in [-0.2, 0) is 24.3 Å². The van der Waals surface area contributed by atoms with E-state index in [1.165, 1.54) is 10.4 Å². The number of anilines is 1. The van der Waals surface area contributed by atoms with Crippen molar-refractivity contribution in [3.63, 3.8) is 0 Å². The van der Waals surface area contributed by atoms with E-state index in [9.17, 15) is 18.0 Å². The van der Waals surface area contributed by atoms with E-state index in [2.05, 4.69) is 5.32 Å². The maximum atomic E-state index is 12.8. The highest BCUT2D eigenvalue weighted by Gasteiger charge is 2.26. The van der Waals surface area contributed by atoms with Crippen LogP contribution in [0.2, 0.25) is 0 Å². The number of esters is 1. The molecule has 1 aliphatic heterocycles. The molecule has 0 atom stereocenters. The lowest BCUT2D eigenvalue weighted by Gasteiger charge is -2.26. The second kappa shape index (κ2) is 9.14. The molecule has 0 spiro atoms. The summed E-state index contributed by atoms with van der Waals surface area (Å²) in [5, 5.41) is 2.69. The molecule has 1 amide bonds. The Morgan fingerprint density at radius 2 is 1.85 bits per heavy atom. The summed E-state index contributed by atoms with van der Waals surface area (Å²) in [6.45, 7) is 4.82. The van der Waals surface area contributed by atoms with Crippen molar-refractivity contribution in [1.29, 1.82) is 0 Å². The Morgan fingerprint density at radius 1 is 1.15 bits per heavy atom. The van der Waals surface area contributed by atoms with Gasteiger partial charge in [0.1, 0.15) is 0 Å². The third kappa shape index (κ3) is 5.28. The smallest absolute Gasteiger partial charge is 0.306 e. The van der Waals surface area contributed by atoms with E-state index < -0.39 is 16.0 Å². The highest BCUT2D eigenvalue weighted by molar-refractivity contribution is 7.89. The van der Waals surface area contributed by atoms with Crippen LogP contribution >= 0.6 is 0 Å². The van der Waals surface area contributed by atoms with Crippen LogP contribution < -0.4 is 5.32 Å². The van der Waals surface area contributed by atoms with Gasteiger partial charge in [-0.3, -0.25) is 9.59 Å². The van der Waals surface area contributed by atoms with Gasteiger partial charge in [-0.2, -0.15) is 4.31 Å². The molecule has 1 aliphatic rings. The zero-order chi connectivity index (χ0) is 19.2. The molecule has 0 aliphatic carbocycles. The molecule has 0 aromatic heterocycles. The molecule has 0 unspecified atom stereocenters. The predicted molar refractivity (Wildman–Crippen MR) is 98.3 cm³/mol. The molecule has 26 heavy (non-hydrogen) atoms. The first-order valence-corrected chi connectivity index (χ1v) is 10.3. The number of hydrogen-bond donors (Lipinski definition) is 1. The van der Waals surface area contributed by atoms with Crippen molar-refractivity contribution in [3.8, 4) is 0 Å². The highest BCUT2D eigenvalue weighted by Crippen LogP contribution is 2.25. The second-order valence-electron chi connectivity index (χ2n) is 6.29. The molecule has 2 rings (SSSR count). The number of piperidine rings is 1. The normalized spacial score (nSPS) is 15.5. The topological polar surface area (TPSA) is 92.8 Å². The second-order valence-corrected chi connectivity index (χ2v) is 8.23. The van der Waals surface area contributed by atoms with Gasteiger partial charge in [-0.25, -0.2) is 8.42 Å². The molecule has 8 heteroatoms. The van der Waals surface area contributed by atoms with E-state index in [4.69, 9.17) is 4.74 Å². The van der Waals surface area contributed by atoms with Gasteiger partial charge in [0.25, 0.3) is 0 Å². The van der Waals surface area contributed by atoms with Gasteiger partial charge in [0.15, 0.2) is 0 Å². The molecule has 1 fully saturated rings. The number of rotatable bonds is 7. The van der Waals surface area contributed by atoms with E-state index >= 15 is 0 Å². The van der Waals surface area contributed by atoms with E-state index in [0.717, 1.165) is 24.8 Å². The molecule has 144 valence electrons. The molecule has 1 saturated heterocycles. The Bertz CT molecular complexity index is 755. The fourth-order valence-electron chi connectivity index (χ4n) is 2.81.